The molecule has 2 aromatic carbocycles. The van der Waals surface area contributed by atoms with Crippen LogP contribution < -0.4 is 14.2 Å². The van der Waals surface area contributed by atoms with E-state index in [-0.39, 0.29) is 20.3 Å². The van der Waals surface area contributed by atoms with E-state index in [0.717, 1.165) is 34.9 Å². The second-order valence-corrected chi connectivity index (χ2v) is 13.7. The summed E-state index contributed by atoms with van der Waals surface area (Å²) in [6, 6.07) is 12.2. The Morgan fingerprint density at radius 3 is 2.72 bits per heavy atom. The molecule has 0 radical (unpaired) electrons. The molecular weight excluding hydrogens is 583 g/mol. The minimum absolute atomic E-state index is 0.118. The zero-order valence-corrected chi connectivity index (χ0v) is 24.6. The summed E-state index contributed by atoms with van der Waals surface area (Å²) >= 11 is 8.15. The van der Waals surface area contributed by atoms with Gasteiger partial charge in [-0.3, -0.25) is 0 Å². The molecule has 0 saturated heterocycles. The maximum absolute atomic E-state index is 11.2. The number of unbranched alkanes of at least 4 members (excludes halogenated alkanes) is 1. The van der Waals surface area contributed by atoms with Crippen molar-refractivity contribution in [2.75, 3.05) is 24.3 Å². The van der Waals surface area contributed by atoms with Crippen LogP contribution in [0.5, 0.6) is 5.75 Å². The third kappa shape index (κ3) is 6.39. The maximum atomic E-state index is 11.2. The molecule has 0 spiro atoms. The van der Waals surface area contributed by atoms with Crippen molar-refractivity contribution in [2.45, 2.75) is 44.6 Å². The van der Waals surface area contributed by atoms with Gasteiger partial charge in [-0.1, -0.05) is 0 Å². The average molecular weight is 613 g/mol. The predicted molar refractivity (Wildman–Crippen MR) is 150 cm³/mol. The van der Waals surface area contributed by atoms with E-state index < -0.39 is 10.1 Å². The van der Waals surface area contributed by atoms with Gasteiger partial charge < -0.3 is 0 Å². The molecule has 0 aliphatic carbocycles. The summed E-state index contributed by atoms with van der Waals surface area (Å²) < 4.78 is 41.7. The number of aryl methyl sites for hydroxylation is 1. The monoisotopic (exact) mass is 613 g/mol. The van der Waals surface area contributed by atoms with Crippen LogP contribution in [-0.4, -0.2) is 46.9 Å². The molecule has 0 atom stereocenters. The van der Waals surface area contributed by atoms with Gasteiger partial charge in [0, 0.05) is 0 Å². The molecule has 2 heterocycles. The van der Waals surface area contributed by atoms with Crippen molar-refractivity contribution in [2.24, 2.45) is 0 Å². The van der Waals surface area contributed by atoms with Crippen molar-refractivity contribution in [3.63, 3.8) is 0 Å². The van der Waals surface area contributed by atoms with Gasteiger partial charge in [0.05, 0.1) is 0 Å². The van der Waals surface area contributed by atoms with Crippen LogP contribution in [0.3, 0.4) is 0 Å². The normalized spacial score (nSPS) is 15.2. The SMILES string of the molecule is CCC(/C=C1\Sc2ccc(Cl)cc2N1CC)=C\c1[se]c2ccc(OC)cc2[n+]1CCCCS(=O)(=O)O. The molecule has 3 aromatic rings. The van der Waals surface area contributed by atoms with Gasteiger partial charge >= 0.3 is 229 Å². The second-order valence-electron chi connectivity index (χ2n) is 8.43. The Balaban J connectivity index is 1.69. The molecule has 0 amide bonds. The number of fused-ring (bicyclic) bond motifs is 2. The number of nitrogens with zero attached hydrogens (tertiary/aromatic N) is 2. The number of methoxy groups -OCH3 is 1. The number of ether oxygens (including phenoxy) is 1. The van der Waals surface area contributed by atoms with Gasteiger partial charge in [0.2, 0.25) is 0 Å². The van der Waals surface area contributed by atoms with E-state index in [0.29, 0.717) is 19.4 Å². The predicted octanol–water partition coefficient (Wildman–Crippen LogP) is 5.78. The number of benzene rings is 2. The summed E-state index contributed by atoms with van der Waals surface area (Å²) in [4.78, 5) is 3.51. The molecule has 1 aliphatic heterocycles. The molecule has 6 nitrogen and oxygen atoms in total. The molecule has 36 heavy (non-hydrogen) atoms. The Kier molecular flexibility index (Phi) is 8.91. The van der Waals surface area contributed by atoms with E-state index in [1.165, 1.54) is 24.3 Å². The fourth-order valence-electron chi connectivity index (χ4n) is 4.17. The second kappa shape index (κ2) is 11.8. The molecule has 1 N–H and O–H groups in total. The summed E-state index contributed by atoms with van der Waals surface area (Å²) in [6.45, 7) is 5.84. The van der Waals surface area contributed by atoms with Crippen LogP contribution in [0.15, 0.2) is 58.0 Å². The van der Waals surface area contributed by atoms with Crippen molar-refractivity contribution in [1.82, 2.24) is 0 Å². The van der Waals surface area contributed by atoms with Crippen molar-refractivity contribution in [3.8, 4) is 5.75 Å². The molecular formula is C26H30ClN2O4S2Se+. The Labute approximate surface area is 228 Å². The molecule has 0 fully saturated rings. The van der Waals surface area contributed by atoms with Crippen LogP contribution in [0, 0.1) is 0 Å². The number of rotatable bonds is 10. The van der Waals surface area contributed by atoms with Gasteiger partial charge in [0.15, 0.2) is 0 Å². The Morgan fingerprint density at radius 2 is 2.03 bits per heavy atom. The van der Waals surface area contributed by atoms with Crippen molar-refractivity contribution >= 4 is 69.5 Å². The van der Waals surface area contributed by atoms with Crippen LogP contribution in [0.1, 0.15) is 37.7 Å². The van der Waals surface area contributed by atoms with Gasteiger partial charge in [-0.15, -0.1) is 0 Å². The third-order valence-electron chi connectivity index (χ3n) is 6.01. The Hall–Kier alpha value is -1.74. The first kappa shape index (κ1) is 27.3. The number of thioether (sulfide) groups is 1. The zero-order valence-electron chi connectivity index (χ0n) is 20.5. The average Bonchev–Trinajstić information content (AvgIpc) is 3.36. The van der Waals surface area contributed by atoms with Gasteiger partial charge in [0.25, 0.3) is 0 Å². The number of hydrogen-bond acceptors (Lipinski definition) is 5. The van der Waals surface area contributed by atoms with Crippen LogP contribution in [-0.2, 0) is 16.7 Å². The van der Waals surface area contributed by atoms with Crippen LogP contribution >= 0.6 is 23.4 Å². The van der Waals surface area contributed by atoms with Crippen LogP contribution in [0.4, 0.5) is 5.69 Å². The first-order chi connectivity index (χ1) is 17.2. The number of allylic oxidation sites excluding steroid dienone is 2. The molecule has 192 valence electrons. The molecule has 1 aliphatic rings. The summed E-state index contributed by atoms with van der Waals surface area (Å²) in [5, 5.41) is 1.93. The summed E-state index contributed by atoms with van der Waals surface area (Å²) in [7, 11) is -2.29. The molecule has 4 rings (SSSR count). The van der Waals surface area contributed by atoms with E-state index >= 15 is 0 Å². The molecule has 1 aromatic heterocycles. The van der Waals surface area contributed by atoms with E-state index in [2.05, 4.69) is 53.7 Å². The number of hydrogen-bond donors (Lipinski definition) is 1. The fourth-order valence-corrected chi connectivity index (χ4v) is 8.49. The number of aromatic nitrogens is 1. The summed E-state index contributed by atoms with van der Waals surface area (Å²) in [6.07, 6.45) is 6.50. The summed E-state index contributed by atoms with van der Waals surface area (Å²) in [5.41, 5.74) is 3.49. The molecule has 0 saturated carbocycles. The topological polar surface area (TPSA) is 70.7 Å². The molecule has 0 unspecified atom stereocenters. The van der Waals surface area contributed by atoms with Gasteiger partial charge in [-0.25, -0.2) is 0 Å². The third-order valence-corrected chi connectivity index (χ3v) is 10.5. The minimum atomic E-state index is -3.95. The van der Waals surface area contributed by atoms with E-state index in [4.69, 9.17) is 20.9 Å². The van der Waals surface area contributed by atoms with E-state index in [1.54, 1.807) is 18.9 Å². The van der Waals surface area contributed by atoms with Gasteiger partial charge in [-0.05, 0) is 0 Å². The summed E-state index contributed by atoms with van der Waals surface area (Å²) in [5.74, 6) is 0.580. The quantitative estimate of drug-likeness (QED) is 0.135. The first-order valence-corrected chi connectivity index (χ1v) is 16.4. The Bertz CT molecular complexity index is 1430. The molecule has 10 heteroatoms. The van der Waals surface area contributed by atoms with Crippen molar-refractivity contribution in [3.05, 3.63) is 62.7 Å². The van der Waals surface area contributed by atoms with Gasteiger partial charge in [0.1, 0.15) is 0 Å². The van der Waals surface area contributed by atoms with Gasteiger partial charge in [-0.2, -0.15) is 0 Å². The van der Waals surface area contributed by atoms with E-state index in [9.17, 15) is 8.42 Å². The molecule has 0 bridgehead atoms. The first-order valence-electron chi connectivity index (χ1n) is 11.8. The fraction of sp³-hybridized carbons (Fsp3) is 0.346. The van der Waals surface area contributed by atoms with Crippen molar-refractivity contribution in [1.29, 1.82) is 0 Å². The zero-order chi connectivity index (χ0) is 25.9. The van der Waals surface area contributed by atoms with Crippen LogP contribution in [0.25, 0.3) is 15.9 Å². The number of halogens is 1. The number of anilines is 1. The van der Waals surface area contributed by atoms with Crippen molar-refractivity contribution < 1.29 is 22.3 Å². The van der Waals surface area contributed by atoms with E-state index in [1.807, 2.05) is 18.2 Å². The van der Waals surface area contributed by atoms with Crippen LogP contribution in [0.2, 0.25) is 5.02 Å². The Morgan fingerprint density at radius 1 is 1.22 bits per heavy atom. The standard InChI is InChI=1S/C26H29ClN2O4S2Se/c1-4-18(14-25-28(5-2)21-16-19(27)8-10-23(21)34-25)15-26-29(12-6-7-13-35(30,31)32)22-17-20(33-3)9-11-24(22)36-26/h8-11,14-17H,4-7,12-13H2,1-3H3/p+1.